The van der Waals surface area contributed by atoms with Crippen molar-refractivity contribution < 1.29 is 14.7 Å². The molecule has 5 nitrogen and oxygen atoms in total. The number of benzene rings is 2. The number of carboxylic acid groups (broad SMARTS) is 1. The summed E-state index contributed by atoms with van der Waals surface area (Å²) in [6.07, 6.45) is -0.371. The van der Waals surface area contributed by atoms with Gasteiger partial charge in [0.1, 0.15) is 6.04 Å². The molecule has 1 atom stereocenters. The minimum Gasteiger partial charge on any atom is -0.481 e. The lowest BCUT2D eigenvalue weighted by molar-refractivity contribution is -0.138. The number of hydrogen-bond acceptors (Lipinski definition) is 3. The van der Waals surface area contributed by atoms with Crippen LogP contribution in [0.15, 0.2) is 53.5 Å². The van der Waals surface area contributed by atoms with Gasteiger partial charge in [-0.15, -0.1) is 0 Å². The van der Waals surface area contributed by atoms with Gasteiger partial charge < -0.3 is 10.4 Å². The molecule has 0 spiro atoms. The van der Waals surface area contributed by atoms with E-state index in [9.17, 15) is 9.59 Å². The quantitative estimate of drug-likeness (QED) is 0.909. The maximum atomic E-state index is 12.3. The van der Waals surface area contributed by atoms with Crippen molar-refractivity contribution in [3.63, 3.8) is 0 Å². The Morgan fingerprint density at radius 3 is 2.65 bits per heavy atom. The van der Waals surface area contributed by atoms with E-state index in [2.05, 4.69) is 10.3 Å². The lowest BCUT2D eigenvalue weighted by Crippen LogP contribution is -2.27. The fourth-order valence-electron chi connectivity index (χ4n) is 2.45. The van der Waals surface area contributed by atoms with Crippen molar-refractivity contribution in [1.82, 2.24) is 0 Å². The summed E-state index contributed by atoms with van der Waals surface area (Å²) in [4.78, 5) is 27.7. The zero-order valence-electron chi connectivity index (χ0n) is 12.0. The lowest BCUT2D eigenvalue weighted by Gasteiger charge is -2.10. The number of hydrogen-bond donors (Lipinski definition) is 2. The number of anilines is 1. The molecule has 0 saturated carbocycles. The maximum absolute atomic E-state index is 12.3. The first-order valence-corrected chi connectivity index (χ1v) is 7.38. The second-order valence-corrected chi connectivity index (χ2v) is 5.57. The van der Waals surface area contributed by atoms with E-state index in [0.29, 0.717) is 22.0 Å². The largest absolute Gasteiger partial charge is 0.481 e. The fourth-order valence-corrected chi connectivity index (χ4v) is 2.62. The summed E-state index contributed by atoms with van der Waals surface area (Å²) in [5.41, 5.74) is 2.58. The van der Waals surface area contributed by atoms with Crippen molar-refractivity contribution >= 4 is 34.9 Å². The zero-order chi connectivity index (χ0) is 16.4. The molecule has 0 bridgehead atoms. The van der Waals surface area contributed by atoms with Crippen LogP contribution in [-0.2, 0) is 9.59 Å². The molecule has 0 fully saturated rings. The van der Waals surface area contributed by atoms with Crippen molar-refractivity contribution in [2.45, 2.75) is 12.5 Å². The van der Waals surface area contributed by atoms with Gasteiger partial charge in [0.15, 0.2) is 0 Å². The SMILES string of the molecule is O=C(O)CC1N=C(c2ccccc2)c2cc(Cl)ccc2NC1=O. The Morgan fingerprint density at radius 1 is 1.22 bits per heavy atom. The van der Waals surface area contributed by atoms with Crippen LogP contribution in [0.5, 0.6) is 0 Å². The predicted octanol–water partition coefficient (Wildman–Crippen LogP) is 2.97. The number of carbonyl (C=O) groups excluding carboxylic acids is 1. The molecule has 2 aromatic rings. The van der Waals surface area contributed by atoms with E-state index in [0.717, 1.165) is 5.56 Å². The second kappa shape index (κ2) is 6.22. The molecule has 6 heteroatoms. The zero-order valence-corrected chi connectivity index (χ0v) is 12.7. The number of benzodiazepines with no additional fused rings is 1. The van der Waals surface area contributed by atoms with E-state index in [-0.39, 0.29) is 6.42 Å². The molecule has 1 amide bonds. The molecule has 1 heterocycles. The van der Waals surface area contributed by atoms with Crippen LogP contribution in [0.1, 0.15) is 17.5 Å². The fraction of sp³-hybridized carbons (Fsp3) is 0.118. The van der Waals surface area contributed by atoms with Crippen LogP contribution in [0, 0.1) is 0 Å². The Hall–Kier alpha value is -2.66. The normalized spacial score (nSPS) is 16.8. The monoisotopic (exact) mass is 328 g/mol. The molecule has 1 aliphatic heterocycles. The summed E-state index contributed by atoms with van der Waals surface area (Å²) < 4.78 is 0. The molecule has 3 rings (SSSR count). The number of carbonyl (C=O) groups is 2. The number of aliphatic carboxylic acids is 1. The topological polar surface area (TPSA) is 78.8 Å². The summed E-state index contributed by atoms with van der Waals surface area (Å²) in [5.74, 6) is -1.52. The summed E-state index contributed by atoms with van der Waals surface area (Å²) >= 11 is 6.08. The molecule has 0 aliphatic carbocycles. The van der Waals surface area contributed by atoms with Crippen molar-refractivity contribution in [2.24, 2.45) is 4.99 Å². The number of amides is 1. The molecule has 116 valence electrons. The van der Waals surface area contributed by atoms with Crippen LogP contribution >= 0.6 is 11.6 Å². The standard InChI is InChI=1S/C17H13ClN2O3/c18-11-6-7-13-12(8-11)16(10-4-2-1-3-5-10)19-14(9-15(21)22)17(23)20-13/h1-8,14H,9H2,(H,20,23)(H,21,22). The molecule has 2 aromatic carbocycles. The lowest BCUT2D eigenvalue weighted by atomic mass is 10.0. The van der Waals surface area contributed by atoms with E-state index < -0.39 is 17.9 Å². The van der Waals surface area contributed by atoms with Gasteiger partial charge in [0.05, 0.1) is 17.8 Å². The van der Waals surface area contributed by atoms with Crippen molar-refractivity contribution in [3.05, 3.63) is 64.7 Å². The van der Waals surface area contributed by atoms with Crippen LogP contribution in [0.25, 0.3) is 0 Å². The Morgan fingerprint density at radius 2 is 1.96 bits per heavy atom. The predicted molar refractivity (Wildman–Crippen MR) is 88.2 cm³/mol. The summed E-state index contributed by atoms with van der Waals surface area (Å²) in [6, 6.07) is 13.4. The van der Waals surface area contributed by atoms with Gasteiger partial charge in [-0.2, -0.15) is 0 Å². The first-order valence-electron chi connectivity index (χ1n) is 7.00. The molecule has 1 aliphatic rings. The minimum absolute atomic E-state index is 0.371. The molecular formula is C17H13ClN2O3. The Balaban J connectivity index is 2.18. The number of nitrogens with zero attached hydrogens (tertiary/aromatic N) is 1. The Kier molecular flexibility index (Phi) is 4.12. The Bertz CT molecular complexity index is 803. The third-order valence-electron chi connectivity index (χ3n) is 3.50. The molecule has 0 radical (unpaired) electrons. The van der Waals surface area contributed by atoms with E-state index in [1.54, 1.807) is 18.2 Å². The van der Waals surface area contributed by atoms with E-state index in [1.807, 2.05) is 30.3 Å². The molecule has 0 saturated heterocycles. The Labute approximate surface area is 137 Å². The van der Waals surface area contributed by atoms with Crippen LogP contribution < -0.4 is 5.32 Å². The van der Waals surface area contributed by atoms with E-state index in [1.165, 1.54) is 0 Å². The third kappa shape index (κ3) is 3.24. The van der Waals surface area contributed by atoms with Crippen LogP contribution in [-0.4, -0.2) is 28.7 Å². The van der Waals surface area contributed by atoms with E-state index in [4.69, 9.17) is 16.7 Å². The van der Waals surface area contributed by atoms with Gasteiger partial charge in [-0.3, -0.25) is 14.6 Å². The van der Waals surface area contributed by atoms with Gasteiger partial charge in [-0.1, -0.05) is 41.9 Å². The number of halogens is 1. The molecule has 2 N–H and O–H groups in total. The minimum atomic E-state index is -1.08. The van der Waals surface area contributed by atoms with Gasteiger partial charge in [-0.05, 0) is 18.2 Å². The second-order valence-electron chi connectivity index (χ2n) is 5.14. The maximum Gasteiger partial charge on any atom is 0.306 e. The summed E-state index contributed by atoms with van der Waals surface area (Å²) in [6.45, 7) is 0. The number of aliphatic imine (C=N–C) groups is 1. The number of fused-ring (bicyclic) bond motifs is 1. The summed E-state index contributed by atoms with van der Waals surface area (Å²) in [5, 5.41) is 12.3. The molecule has 0 aromatic heterocycles. The molecule has 1 unspecified atom stereocenters. The first-order chi connectivity index (χ1) is 11.0. The van der Waals surface area contributed by atoms with Gasteiger partial charge in [0, 0.05) is 16.1 Å². The van der Waals surface area contributed by atoms with Crippen LogP contribution in [0.3, 0.4) is 0 Å². The van der Waals surface area contributed by atoms with Crippen molar-refractivity contribution in [2.75, 3.05) is 5.32 Å². The van der Waals surface area contributed by atoms with Crippen LogP contribution in [0.2, 0.25) is 5.02 Å². The van der Waals surface area contributed by atoms with Gasteiger partial charge in [0.25, 0.3) is 0 Å². The number of carboxylic acids is 1. The number of nitrogens with one attached hydrogen (secondary N) is 1. The highest BCUT2D eigenvalue weighted by atomic mass is 35.5. The van der Waals surface area contributed by atoms with Crippen LogP contribution in [0.4, 0.5) is 5.69 Å². The molecular weight excluding hydrogens is 316 g/mol. The van der Waals surface area contributed by atoms with Gasteiger partial charge in [-0.25, -0.2) is 0 Å². The van der Waals surface area contributed by atoms with Crippen molar-refractivity contribution in [3.8, 4) is 0 Å². The highest BCUT2D eigenvalue weighted by Gasteiger charge is 2.27. The highest BCUT2D eigenvalue weighted by Crippen LogP contribution is 2.27. The van der Waals surface area contributed by atoms with E-state index >= 15 is 0 Å². The van der Waals surface area contributed by atoms with Crippen molar-refractivity contribution in [1.29, 1.82) is 0 Å². The summed E-state index contributed by atoms with van der Waals surface area (Å²) in [7, 11) is 0. The smallest absolute Gasteiger partial charge is 0.306 e. The van der Waals surface area contributed by atoms with Gasteiger partial charge in [0.2, 0.25) is 5.91 Å². The molecule has 23 heavy (non-hydrogen) atoms. The average Bonchev–Trinajstić information content (AvgIpc) is 2.65. The van der Waals surface area contributed by atoms with Gasteiger partial charge >= 0.3 is 5.97 Å². The third-order valence-corrected chi connectivity index (χ3v) is 3.73. The highest BCUT2D eigenvalue weighted by molar-refractivity contribution is 6.32. The number of rotatable bonds is 3. The average molecular weight is 329 g/mol. The first kappa shape index (κ1) is 15.2.